The molecule has 0 aliphatic carbocycles. The van der Waals surface area contributed by atoms with Crippen LogP contribution in [0.25, 0.3) is 0 Å². The number of hydrogen-bond acceptors (Lipinski definition) is 5. The van der Waals surface area contributed by atoms with Gasteiger partial charge in [0.15, 0.2) is 0 Å². The van der Waals surface area contributed by atoms with Gasteiger partial charge in [0.1, 0.15) is 11.4 Å². The Kier molecular flexibility index (Phi) is 4.17. The van der Waals surface area contributed by atoms with E-state index in [0.29, 0.717) is 31.2 Å². The summed E-state index contributed by atoms with van der Waals surface area (Å²) in [6.07, 6.45) is 8.76. The van der Waals surface area contributed by atoms with Crippen molar-refractivity contribution in [2.75, 3.05) is 26.3 Å². The van der Waals surface area contributed by atoms with Crippen LogP contribution in [0.5, 0.6) is 5.75 Å². The molecule has 2 aromatic rings. The Hall–Kier alpha value is -2.41. The van der Waals surface area contributed by atoms with Gasteiger partial charge in [0.25, 0.3) is 5.91 Å². The van der Waals surface area contributed by atoms with Crippen molar-refractivity contribution in [3.8, 4) is 5.75 Å². The zero-order valence-corrected chi connectivity index (χ0v) is 14.3. The van der Waals surface area contributed by atoms with Crippen molar-refractivity contribution in [2.24, 2.45) is 13.0 Å². The molecule has 132 valence electrons. The van der Waals surface area contributed by atoms with Gasteiger partial charge in [-0.15, -0.1) is 0 Å². The molecule has 0 radical (unpaired) electrons. The summed E-state index contributed by atoms with van der Waals surface area (Å²) in [4.78, 5) is 18.4. The van der Waals surface area contributed by atoms with Gasteiger partial charge in [-0.2, -0.15) is 5.10 Å². The largest absolute Gasteiger partial charge is 0.492 e. The molecular weight excluding hydrogens is 320 g/mol. The van der Waals surface area contributed by atoms with Crippen LogP contribution in [0.15, 0.2) is 36.9 Å². The first kappa shape index (κ1) is 16.1. The highest BCUT2D eigenvalue weighted by molar-refractivity contribution is 5.94. The van der Waals surface area contributed by atoms with Crippen LogP contribution in [0.1, 0.15) is 23.2 Å². The molecule has 0 bridgehead atoms. The Morgan fingerprint density at radius 1 is 1.44 bits per heavy atom. The topological polar surface area (TPSA) is 69.5 Å². The zero-order chi connectivity index (χ0) is 17.3. The molecular formula is C18H22N4O3. The van der Waals surface area contributed by atoms with Crippen LogP contribution in [-0.4, -0.2) is 57.5 Å². The Morgan fingerprint density at radius 3 is 3.04 bits per heavy atom. The summed E-state index contributed by atoms with van der Waals surface area (Å²) in [5.74, 6) is 1.24. The van der Waals surface area contributed by atoms with E-state index < -0.39 is 0 Å². The highest BCUT2D eigenvalue weighted by Crippen LogP contribution is 2.42. The van der Waals surface area contributed by atoms with Crippen LogP contribution in [0.3, 0.4) is 0 Å². The summed E-state index contributed by atoms with van der Waals surface area (Å²) in [6.45, 7) is 2.70. The van der Waals surface area contributed by atoms with Gasteiger partial charge in [-0.3, -0.25) is 14.5 Å². The molecule has 7 heteroatoms. The SMILES string of the molecule is Cn1cc(C(=O)N2CC3(C2)OCCC3CCOc2cccnc2)cn1. The van der Waals surface area contributed by atoms with Gasteiger partial charge in [-0.25, -0.2) is 0 Å². The Labute approximate surface area is 146 Å². The average Bonchev–Trinajstić information content (AvgIpc) is 3.20. The first-order valence-electron chi connectivity index (χ1n) is 8.61. The van der Waals surface area contributed by atoms with E-state index in [1.165, 1.54) is 0 Å². The van der Waals surface area contributed by atoms with Crippen LogP contribution < -0.4 is 4.74 Å². The number of aryl methyl sites for hydroxylation is 1. The molecule has 0 N–H and O–H groups in total. The van der Waals surface area contributed by atoms with Crippen molar-refractivity contribution in [1.82, 2.24) is 19.7 Å². The number of hydrogen-bond donors (Lipinski definition) is 0. The van der Waals surface area contributed by atoms with Gasteiger partial charge in [-0.05, 0) is 30.9 Å². The Morgan fingerprint density at radius 2 is 2.32 bits per heavy atom. The Bertz CT molecular complexity index is 740. The quantitative estimate of drug-likeness (QED) is 0.824. The molecule has 1 amide bonds. The summed E-state index contributed by atoms with van der Waals surface area (Å²) in [6, 6.07) is 3.77. The molecule has 25 heavy (non-hydrogen) atoms. The zero-order valence-electron chi connectivity index (χ0n) is 14.3. The molecule has 1 unspecified atom stereocenters. The van der Waals surface area contributed by atoms with Gasteiger partial charge in [0.05, 0.1) is 37.7 Å². The second kappa shape index (κ2) is 6.48. The molecule has 7 nitrogen and oxygen atoms in total. The van der Waals surface area contributed by atoms with E-state index in [-0.39, 0.29) is 11.5 Å². The number of ether oxygens (including phenoxy) is 2. The minimum Gasteiger partial charge on any atom is -0.492 e. The minimum atomic E-state index is -0.198. The summed E-state index contributed by atoms with van der Waals surface area (Å²) in [5.41, 5.74) is 0.433. The first-order chi connectivity index (χ1) is 12.2. The van der Waals surface area contributed by atoms with Crippen LogP contribution >= 0.6 is 0 Å². The van der Waals surface area contributed by atoms with Crippen LogP contribution in [0.2, 0.25) is 0 Å². The molecule has 2 saturated heterocycles. The van der Waals surface area contributed by atoms with E-state index in [4.69, 9.17) is 9.47 Å². The fourth-order valence-corrected chi connectivity index (χ4v) is 3.75. The lowest BCUT2D eigenvalue weighted by Crippen LogP contribution is -2.66. The number of likely N-dealkylation sites (tertiary alicyclic amines) is 1. The van der Waals surface area contributed by atoms with Crippen molar-refractivity contribution < 1.29 is 14.3 Å². The highest BCUT2D eigenvalue weighted by Gasteiger charge is 2.54. The lowest BCUT2D eigenvalue weighted by Gasteiger charge is -2.50. The molecule has 2 aliphatic rings. The number of pyridine rings is 1. The second-order valence-electron chi connectivity index (χ2n) is 6.79. The molecule has 2 fully saturated rings. The fourth-order valence-electron chi connectivity index (χ4n) is 3.75. The number of carbonyl (C=O) groups is 1. The molecule has 4 rings (SSSR count). The number of amides is 1. The van der Waals surface area contributed by atoms with Gasteiger partial charge >= 0.3 is 0 Å². The third kappa shape index (κ3) is 3.11. The van der Waals surface area contributed by atoms with Crippen molar-refractivity contribution in [1.29, 1.82) is 0 Å². The number of carbonyl (C=O) groups excluding carboxylic acids is 1. The van der Waals surface area contributed by atoms with Crippen LogP contribution in [-0.2, 0) is 11.8 Å². The van der Waals surface area contributed by atoms with Crippen molar-refractivity contribution >= 4 is 5.91 Å². The predicted octanol–water partition coefficient (Wildman–Crippen LogP) is 1.52. The first-order valence-corrected chi connectivity index (χ1v) is 8.61. The standard InChI is InChI=1S/C18H22N4O3/c1-21-11-14(9-20-21)17(23)22-12-18(13-22)15(5-8-25-18)4-7-24-16-3-2-6-19-10-16/h2-3,6,9-11,15H,4-5,7-8,12-13H2,1H3. The van der Waals surface area contributed by atoms with E-state index in [1.807, 2.05) is 24.1 Å². The maximum Gasteiger partial charge on any atom is 0.257 e. The van der Waals surface area contributed by atoms with E-state index in [0.717, 1.165) is 25.2 Å². The van der Waals surface area contributed by atoms with Gasteiger partial charge in [-0.1, -0.05) is 0 Å². The van der Waals surface area contributed by atoms with Crippen molar-refractivity contribution in [2.45, 2.75) is 18.4 Å². The molecule has 0 aromatic carbocycles. The van der Waals surface area contributed by atoms with Gasteiger partial charge in [0.2, 0.25) is 0 Å². The van der Waals surface area contributed by atoms with E-state index in [2.05, 4.69) is 10.1 Å². The Balaban J connectivity index is 1.31. The normalized spacial score (nSPS) is 21.3. The fraction of sp³-hybridized carbons (Fsp3) is 0.500. The molecule has 4 heterocycles. The van der Waals surface area contributed by atoms with Crippen molar-refractivity contribution in [3.63, 3.8) is 0 Å². The molecule has 2 aliphatic heterocycles. The van der Waals surface area contributed by atoms with Crippen LogP contribution in [0.4, 0.5) is 0 Å². The second-order valence-corrected chi connectivity index (χ2v) is 6.79. The summed E-state index contributed by atoms with van der Waals surface area (Å²) in [7, 11) is 1.81. The lowest BCUT2D eigenvalue weighted by atomic mass is 9.79. The maximum atomic E-state index is 12.5. The van der Waals surface area contributed by atoms with Crippen LogP contribution in [0, 0.1) is 5.92 Å². The minimum absolute atomic E-state index is 0.0274. The maximum absolute atomic E-state index is 12.5. The number of nitrogens with zero attached hydrogens (tertiary/aromatic N) is 4. The lowest BCUT2D eigenvalue weighted by molar-refractivity contribution is -0.119. The van der Waals surface area contributed by atoms with Gasteiger partial charge < -0.3 is 14.4 Å². The third-order valence-corrected chi connectivity index (χ3v) is 5.13. The molecule has 2 aromatic heterocycles. The molecule has 1 spiro atoms. The number of aromatic nitrogens is 3. The smallest absolute Gasteiger partial charge is 0.257 e. The van der Waals surface area contributed by atoms with Gasteiger partial charge in [0, 0.05) is 26.0 Å². The molecule has 1 atom stereocenters. The summed E-state index contributed by atoms with van der Waals surface area (Å²) < 4.78 is 13.4. The van der Waals surface area contributed by atoms with E-state index in [9.17, 15) is 4.79 Å². The van der Waals surface area contributed by atoms with E-state index in [1.54, 1.807) is 29.5 Å². The predicted molar refractivity (Wildman–Crippen MR) is 90.3 cm³/mol. The summed E-state index contributed by atoms with van der Waals surface area (Å²) >= 11 is 0. The summed E-state index contributed by atoms with van der Waals surface area (Å²) in [5, 5.41) is 4.07. The highest BCUT2D eigenvalue weighted by atomic mass is 16.5. The molecule has 0 saturated carbocycles. The van der Waals surface area contributed by atoms with Crippen molar-refractivity contribution in [3.05, 3.63) is 42.5 Å². The average molecular weight is 342 g/mol. The monoisotopic (exact) mass is 342 g/mol. The number of rotatable bonds is 5. The van der Waals surface area contributed by atoms with E-state index >= 15 is 0 Å². The third-order valence-electron chi connectivity index (χ3n) is 5.13.